The van der Waals surface area contributed by atoms with Crippen LogP contribution in [0.3, 0.4) is 0 Å². The van der Waals surface area contributed by atoms with Crippen LogP contribution in [0.25, 0.3) is 21.9 Å². The van der Waals surface area contributed by atoms with Crippen LogP contribution in [-0.2, 0) is 15.8 Å². The maximum Gasteiger partial charge on any atom is 0.416 e. The number of rotatable bonds is 1. The molecular formula is C19H13F3O2. The molecule has 0 saturated carbocycles. The monoisotopic (exact) mass is 330 g/mol. The van der Waals surface area contributed by atoms with Crippen LogP contribution in [0.15, 0.2) is 60.7 Å². The third-order valence-corrected chi connectivity index (χ3v) is 3.72. The van der Waals surface area contributed by atoms with Gasteiger partial charge in [-0.2, -0.15) is 22.8 Å². The second kappa shape index (κ2) is 7.11. The molecule has 5 heteroatoms. The van der Waals surface area contributed by atoms with Crippen LogP contribution in [0.5, 0.6) is 0 Å². The Morgan fingerprint density at radius 2 is 1.42 bits per heavy atom. The molecule has 0 amide bonds. The molecule has 0 aliphatic heterocycles. The molecule has 24 heavy (non-hydrogen) atoms. The number of alkyl halides is 3. The number of aryl methyl sites for hydroxylation is 1. The van der Waals surface area contributed by atoms with Crippen molar-refractivity contribution >= 4 is 16.9 Å². The van der Waals surface area contributed by atoms with Crippen LogP contribution in [0.4, 0.5) is 13.2 Å². The summed E-state index contributed by atoms with van der Waals surface area (Å²) in [6.07, 6.45) is -4.04. The molecule has 0 bridgehead atoms. The molecule has 0 fully saturated rings. The molecule has 122 valence electrons. The molecule has 0 spiro atoms. The summed E-state index contributed by atoms with van der Waals surface area (Å²) in [5.74, 6) is 0. The van der Waals surface area contributed by atoms with Gasteiger partial charge in [0.25, 0.3) is 0 Å². The van der Waals surface area contributed by atoms with Gasteiger partial charge >= 0.3 is 12.3 Å². The van der Waals surface area contributed by atoms with Crippen LogP contribution >= 0.6 is 0 Å². The van der Waals surface area contributed by atoms with Gasteiger partial charge in [-0.15, -0.1) is 0 Å². The van der Waals surface area contributed by atoms with E-state index in [4.69, 9.17) is 9.59 Å². The first-order chi connectivity index (χ1) is 11.4. The van der Waals surface area contributed by atoms with E-state index in [0.717, 1.165) is 39.6 Å². The first-order valence-corrected chi connectivity index (χ1v) is 7.03. The second-order valence-electron chi connectivity index (χ2n) is 5.12. The van der Waals surface area contributed by atoms with Crippen LogP contribution in [-0.4, -0.2) is 6.15 Å². The highest BCUT2D eigenvalue weighted by atomic mass is 19.4. The Balaban J connectivity index is 0.000000647. The van der Waals surface area contributed by atoms with Crippen molar-refractivity contribution in [2.45, 2.75) is 13.1 Å². The van der Waals surface area contributed by atoms with Gasteiger partial charge in [0, 0.05) is 0 Å². The zero-order chi connectivity index (χ0) is 17.7. The molecule has 0 aliphatic carbocycles. The summed E-state index contributed by atoms with van der Waals surface area (Å²) < 4.78 is 37.8. The maximum absolute atomic E-state index is 12.6. The van der Waals surface area contributed by atoms with Crippen LogP contribution in [0.1, 0.15) is 11.1 Å². The summed E-state index contributed by atoms with van der Waals surface area (Å²) in [6, 6.07) is 17.3. The molecule has 2 nitrogen and oxygen atoms in total. The van der Waals surface area contributed by atoms with Gasteiger partial charge in [0.15, 0.2) is 0 Å². The Bertz CT molecular complexity index is 875. The molecule has 0 unspecified atom stereocenters. The van der Waals surface area contributed by atoms with Gasteiger partial charge in [-0.05, 0) is 46.5 Å². The normalized spacial score (nSPS) is 10.7. The molecule has 0 N–H and O–H groups in total. The fourth-order valence-electron chi connectivity index (χ4n) is 2.58. The van der Waals surface area contributed by atoms with Gasteiger partial charge in [0.1, 0.15) is 0 Å². The van der Waals surface area contributed by atoms with E-state index in [2.05, 4.69) is 0 Å². The van der Waals surface area contributed by atoms with Crippen molar-refractivity contribution in [3.63, 3.8) is 0 Å². The molecule has 3 aromatic rings. The number of hydrogen-bond donors (Lipinski definition) is 0. The van der Waals surface area contributed by atoms with E-state index < -0.39 is 11.7 Å². The molecule has 0 radical (unpaired) electrons. The average Bonchev–Trinajstić information content (AvgIpc) is 2.56. The molecule has 3 rings (SSSR count). The van der Waals surface area contributed by atoms with Crippen LogP contribution < -0.4 is 0 Å². The zero-order valence-electron chi connectivity index (χ0n) is 12.7. The van der Waals surface area contributed by atoms with E-state index in [0.29, 0.717) is 0 Å². The maximum atomic E-state index is 12.6. The minimum Gasteiger partial charge on any atom is -0.186 e. The lowest BCUT2D eigenvalue weighted by molar-refractivity contribution is -0.191. The summed E-state index contributed by atoms with van der Waals surface area (Å²) >= 11 is 0. The Labute approximate surface area is 136 Å². The molecule has 0 aromatic heterocycles. The van der Waals surface area contributed by atoms with Crippen molar-refractivity contribution in [3.05, 3.63) is 71.8 Å². The summed E-state index contributed by atoms with van der Waals surface area (Å²) in [4.78, 5) is 16.2. The molecular weight excluding hydrogens is 317 g/mol. The van der Waals surface area contributed by atoms with Gasteiger partial charge in [0.2, 0.25) is 0 Å². The number of hydrogen-bond acceptors (Lipinski definition) is 2. The molecule has 0 heterocycles. The van der Waals surface area contributed by atoms with E-state index in [-0.39, 0.29) is 6.15 Å². The van der Waals surface area contributed by atoms with Gasteiger partial charge in [0.05, 0.1) is 5.56 Å². The standard InChI is InChI=1S/C18H13F3.CO2/c1-12-16-5-3-2-4-13(16)8-11-17(12)14-6-9-15(10-7-14)18(19,20)21;2-1-3/h2-11H,1H3;. The quantitative estimate of drug-likeness (QED) is 0.610. The molecule has 3 aromatic carbocycles. The van der Waals surface area contributed by atoms with Crippen molar-refractivity contribution in [1.82, 2.24) is 0 Å². The first-order valence-electron chi connectivity index (χ1n) is 7.03. The number of fused-ring (bicyclic) bond motifs is 1. The van der Waals surface area contributed by atoms with Crippen molar-refractivity contribution < 1.29 is 22.8 Å². The predicted molar refractivity (Wildman–Crippen MR) is 84.1 cm³/mol. The first kappa shape index (κ1) is 17.4. The van der Waals surface area contributed by atoms with Crippen molar-refractivity contribution in [1.29, 1.82) is 0 Å². The van der Waals surface area contributed by atoms with Crippen molar-refractivity contribution in [3.8, 4) is 11.1 Å². The number of benzene rings is 3. The Morgan fingerprint density at radius 3 is 2.00 bits per heavy atom. The fraction of sp³-hybridized carbons (Fsp3) is 0.105. The van der Waals surface area contributed by atoms with Crippen molar-refractivity contribution in [2.75, 3.05) is 0 Å². The zero-order valence-corrected chi connectivity index (χ0v) is 12.7. The van der Waals surface area contributed by atoms with E-state index in [9.17, 15) is 13.2 Å². The Kier molecular flexibility index (Phi) is 5.17. The summed E-state index contributed by atoms with van der Waals surface area (Å²) in [6.45, 7) is 2.00. The van der Waals surface area contributed by atoms with Crippen LogP contribution in [0, 0.1) is 6.92 Å². The molecule has 0 atom stereocenters. The lowest BCUT2D eigenvalue weighted by Gasteiger charge is -2.11. The minimum absolute atomic E-state index is 0.250. The summed E-state index contributed by atoms with van der Waals surface area (Å²) in [7, 11) is 0. The van der Waals surface area contributed by atoms with Gasteiger partial charge < -0.3 is 0 Å². The summed E-state index contributed by atoms with van der Waals surface area (Å²) in [5, 5.41) is 2.25. The largest absolute Gasteiger partial charge is 0.416 e. The third kappa shape index (κ3) is 3.70. The van der Waals surface area contributed by atoms with Crippen LogP contribution in [0.2, 0.25) is 0 Å². The fourth-order valence-corrected chi connectivity index (χ4v) is 2.58. The van der Waals surface area contributed by atoms with Gasteiger partial charge in [-0.25, -0.2) is 0 Å². The highest BCUT2D eigenvalue weighted by Gasteiger charge is 2.30. The lowest BCUT2D eigenvalue weighted by Crippen LogP contribution is -2.04. The van der Waals surface area contributed by atoms with Crippen molar-refractivity contribution in [2.24, 2.45) is 0 Å². The van der Waals surface area contributed by atoms with Gasteiger partial charge in [-0.3, -0.25) is 0 Å². The average molecular weight is 330 g/mol. The number of carbonyl (C=O) groups excluding carboxylic acids is 2. The van der Waals surface area contributed by atoms with E-state index in [1.165, 1.54) is 12.1 Å². The number of halogens is 3. The van der Waals surface area contributed by atoms with E-state index >= 15 is 0 Å². The Hall–Kier alpha value is -2.91. The van der Waals surface area contributed by atoms with E-state index in [1.807, 2.05) is 43.3 Å². The highest BCUT2D eigenvalue weighted by Crippen LogP contribution is 2.33. The van der Waals surface area contributed by atoms with E-state index in [1.54, 1.807) is 0 Å². The highest BCUT2D eigenvalue weighted by molar-refractivity contribution is 5.91. The second-order valence-corrected chi connectivity index (χ2v) is 5.12. The van der Waals surface area contributed by atoms with Gasteiger partial charge in [-0.1, -0.05) is 48.5 Å². The lowest BCUT2D eigenvalue weighted by atomic mass is 9.95. The topological polar surface area (TPSA) is 34.1 Å². The predicted octanol–water partition coefficient (Wildman–Crippen LogP) is 5.25. The minimum atomic E-state index is -4.29. The Morgan fingerprint density at radius 1 is 0.833 bits per heavy atom. The summed E-state index contributed by atoms with van der Waals surface area (Å²) in [5.41, 5.74) is 2.21. The SMILES string of the molecule is Cc1c(-c2ccc(C(F)(F)F)cc2)ccc2ccccc12.O=C=O. The molecule has 0 aliphatic rings. The smallest absolute Gasteiger partial charge is 0.186 e. The third-order valence-electron chi connectivity index (χ3n) is 3.72. The molecule has 0 saturated heterocycles.